The summed E-state index contributed by atoms with van der Waals surface area (Å²) in [7, 11) is 0.787. The number of aromatic nitrogens is 1. The first kappa shape index (κ1) is 15.6. The second-order valence-corrected chi connectivity index (χ2v) is 7.89. The Labute approximate surface area is 137 Å². The van der Waals surface area contributed by atoms with Gasteiger partial charge in [0.1, 0.15) is 5.75 Å². The molecule has 1 aliphatic carbocycles. The zero-order valence-electron chi connectivity index (χ0n) is 12.7. The quantitative estimate of drug-likeness (QED) is 0.904. The minimum atomic E-state index is -0.848. The predicted octanol–water partition coefficient (Wildman–Crippen LogP) is 3.61. The molecule has 22 heavy (non-hydrogen) atoms. The largest absolute Gasteiger partial charge is 0.497 e. The van der Waals surface area contributed by atoms with Crippen LogP contribution < -0.4 is 10.1 Å². The molecule has 3 rings (SSSR count). The van der Waals surface area contributed by atoms with Gasteiger partial charge in [-0.25, -0.2) is 0 Å². The summed E-state index contributed by atoms with van der Waals surface area (Å²) in [5, 5.41) is 4.90. The molecule has 0 aliphatic heterocycles. The Balaban J connectivity index is 1.95. The van der Waals surface area contributed by atoms with Gasteiger partial charge in [0.15, 0.2) is 0 Å². The van der Waals surface area contributed by atoms with Gasteiger partial charge in [-0.05, 0) is 31.0 Å². The summed E-state index contributed by atoms with van der Waals surface area (Å²) in [4.78, 5) is 4.34. The molecule has 1 aromatic carbocycles. The van der Waals surface area contributed by atoms with Gasteiger partial charge in [0, 0.05) is 35.2 Å². The van der Waals surface area contributed by atoms with Gasteiger partial charge in [-0.15, -0.1) is 0 Å². The lowest BCUT2D eigenvalue weighted by Gasteiger charge is -2.40. The summed E-state index contributed by atoms with van der Waals surface area (Å²) >= 11 is 6.33. The number of hydrogen-bond acceptors (Lipinski definition) is 4. The molecule has 118 valence electrons. The molecule has 0 bridgehead atoms. The van der Waals surface area contributed by atoms with E-state index in [0.29, 0.717) is 11.6 Å². The van der Waals surface area contributed by atoms with Crippen LogP contribution in [0.25, 0.3) is 10.9 Å². The first-order valence-electron chi connectivity index (χ1n) is 7.25. The molecule has 1 N–H and O–H groups in total. The lowest BCUT2D eigenvalue weighted by atomic mass is 9.84. The predicted molar refractivity (Wildman–Crippen MR) is 92.4 cm³/mol. The maximum atomic E-state index is 12.0. The highest BCUT2D eigenvalue weighted by atomic mass is 35.5. The fourth-order valence-electron chi connectivity index (χ4n) is 2.84. The van der Waals surface area contributed by atoms with Crippen molar-refractivity contribution in [1.82, 2.24) is 4.98 Å². The number of pyridine rings is 1. The summed E-state index contributed by atoms with van der Waals surface area (Å²) in [6.07, 6.45) is 6.56. The van der Waals surface area contributed by atoms with E-state index in [-0.39, 0.29) is 4.75 Å². The minimum Gasteiger partial charge on any atom is -0.497 e. The van der Waals surface area contributed by atoms with E-state index in [2.05, 4.69) is 10.3 Å². The highest BCUT2D eigenvalue weighted by Crippen LogP contribution is 2.39. The van der Waals surface area contributed by atoms with Crippen molar-refractivity contribution in [1.29, 1.82) is 0 Å². The molecule has 0 amide bonds. The van der Waals surface area contributed by atoms with Crippen LogP contribution >= 0.6 is 11.6 Å². The molecule has 4 nitrogen and oxygen atoms in total. The number of rotatable bonds is 5. The number of nitrogens with one attached hydrogen (secondary N) is 1. The molecular formula is C16H19ClN2O2S. The number of anilines is 1. The standard InChI is InChI=1S/C16H19ClN2O2S/c1-21-11-4-5-14-12(8-11)15(13(17)9-18-14)19-10-16(22(2)20)6-3-7-16/h4-5,8-9H,3,6-7,10H2,1-2H3,(H,18,19). The third-order valence-electron chi connectivity index (χ3n) is 4.49. The average Bonchev–Trinajstić information content (AvgIpc) is 2.47. The minimum absolute atomic E-state index is 0.127. The molecule has 1 saturated carbocycles. The highest BCUT2D eigenvalue weighted by molar-refractivity contribution is 7.85. The SMILES string of the molecule is COc1ccc2ncc(Cl)c(NCC3(S(C)=O)CCC3)c2c1. The molecule has 2 aromatic rings. The molecular weight excluding hydrogens is 320 g/mol. The van der Waals surface area contributed by atoms with Crippen molar-refractivity contribution in [3.05, 3.63) is 29.4 Å². The molecule has 0 saturated heterocycles. The van der Waals surface area contributed by atoms with Crippen molar-refractivity contribution in [2.24, 2.45) is 0 Å². The van der Waals surface area contributed by atoms with Crippen LogP contribution in [0.3, 0.4) is 0 Å². The van der Waals surface area contributed by atoms with Crippen LogP contribution in [0.2, 0.25) is 5.02 Å². The summed E-state index contributed by atoms with van der Waals surface area (Å²) < 4.78 is 17.2. The second-order valence-electron chi connectivity index (χ2n) is 5.71. The van der Waals surface area contributed by atoms with Crippen molar-refractivity contribution in [3.8, 4) is 5.75 Å². The third-order valence-corrected chi connectivity index (χ3v) is 6.55. The van der Waals surface area contributed by atoms with Crippen LogP contribution in [0.15, 0.2) is 24.4 Å². The van der Waals surface area contributed by atoms with Gasteiger partial charge in [0.05, 0.1) is 28.1 Å². The van der Waals surface area contributed by atoms with Gasteiger partial charge in [-0.1, -0.05) is 18.0 Å². The fourth-order valence-corrected chi connectivity index (χ4v) is 4.20. The Kier molecular flexibility index (Phi) is 4.28. The number of benzene rings is 1. The molecule has 0 spiro atoms. The van der Waals surface area contributed by atoms with E-state index in [1.165, 1.54) is 0 Å². The Bertz CT molecular complexity index is 731. The average molecular weight is 339 g/mol. The number of nitrogens with zero attached hydrogens (tertiary/aromatic N) is 1. The van der Waals surface area contributed by atoms with Crippen LogP contribution in [-0.4, -0.2) is 33.9 Å². The first-order chi connectivity index (χ1) is 10.6. The summed E-state index contributed by atoms with van der Waals surface area (Å²) in [5.74, 6) is 0.761. The topological polar surface area (TPSA) is 51.2 Å². The van der Waals surface area contributed by atoms with Gasteiger partial charge < -0.3 is 10.1 Å². The second kappa shape index (κ2) is 6.05. The van der Waals surface area contributed by atoms with E-state index < -0.39 is 10.8 Å². The molecule has 1 fully saturated rings. The van der Waals surface area contributed by atoms with E-state index in [9.17, 15) is 4.21 Å². The smallest absolute Gasteiger partial charge is 0.119 e. The van der Waals surface area contributed by atoms with Crippen LogP contribution in [0.1, 0.15) is 19.3 Å². The normalized spacial score (nSPS) is 17.8. The molecule has 1 aliphatic rings. The summed E-state index contributed by atoms with van der Waals surface area (Å²) in [5.41, 5.74) is 1.69. The Morgan fingerprint density at radius 1 is 1.45 bits per heavy atom. The molecule has 1 unspecified atom stereocenters. The van der Waals surface area contributed by atoms with E-state index in [1.54, 1.807) is 19.6 Å². The van der Waals surface area contributed by atoms with Crippen LogP contribution in [0.4, 0.5) is 5.69 Å². The summed E-state index contributed by atoms with van der Waals surface area (Å²) in [6, 6.07) is 5.71. The highest BCUT2D eigenvalue weighted by Gasteiger charge is 2.40. The fraction of sp³-hybridized carbons (Fsp3) is 0.438. The summed E-state index contributed by atoms with van der Waals surface area (Å²) in [6.45, 7) is 0.659. The van der Waals surface area contributed by atoms with Crippen molar-refractivity contribution >= 4 is 39.0 Å². The van der Waals surface area contributed by atoms with Crippen molar-refractivity contribution < 1.29 is 8.95 Å². The third kappa shape index (κ3) is 2.68. The molecule has 1 atom stereocenters. The van der Waals surface area contributed by atoms with Gasteiger partial charge in [0.2, 0.25) is 0 Å². The maximum absolute atomic E-state index is 12.0. The lowest BCUT2D eigenvalue weighted by molar-refractivity contribution is 0.368. The molecule has 1 aromatic heterocycles. The van der Waals surface area contributed by atoms with Crippen molar-refractivity contribution in [2.45, 2.75) is 24.0 Å². The van der Waals surface area contributed by atoms with Gasteiger partial charge >= 0.3 is 0 Å². The Morgan fingerprint density at radius 2 is 2.23 bits per heavy atom. The van der Waals surface area contributed by atoms with Crippen molar-refractivity contribution in [3.63, 3.8) is 0 Å². The van der Waals surface area contributed by atoms with Crippen LogP contribution in [0.5, 0.6) is 5.75 Å². The van der Waals surface area contributed by atoms with Gasteiger partial charge in [0.25, 0.3) is 0 Å². The number of fused-ring (bicyclic) bond motifs is 1. The van der Waals surface area contributed by atoms with Gasteiger partial charge in [-0.2, -0.15) is 0 Å². The number of hydrogen-bond donors (Lipinski definition) is 1. The van der Waals surface area contributed by atoms with Crippen LogP contribution in [-0.2, 0) is 10.8 Å². The van der Waals surface area contributed by atoms with E-state index >= 15 is 0 Å². The number of ether oxygens (including phenoxy) is 1. The van der Waals surface area contributed by atoms with Gasteiger partial charge in [-0.3, -0.25) is 9.19 Å². The first-order valence-corrected chi connectivity index (χ1v) is 9.19. The Morgan fingerprint density at radius 3 is 2.82 bits per heavy atom. The lowest BCUT2D eigenvalue weighted by Crippen LogP contribution is -2.47. The monoisotopic (exact) mass is 338 g/mol. The maximum Gasteiger partial charge on any atom is 0.119 e. The number of methoxy groups -OCH3 is 1. The van der Waals surface area contributed by atoms with Crippen molar-refractivity contribution in [2.75, 3.05) is 25.2 Å². The zero-order valence-corrected chi connectivity index (χ0v) is 14.3. The molecule has 6 heteroatoms. The van der Waals surface area contributed by atoms with E-state index in [4.69, 9.17) is 16.3 Å². The number of halogens is 1. The zero-order chi connectivity index (χ0) is 15.7. The van der Waals surface area contributed by atoms with E-state index in [1.807, 2.05) is 18.2 Å². The molecule has 0 radical (unpaired) electrons. The van der Waals surface area contributed by atoms with E-state index in [0.717, 1.165) is 41.6 Å². The Hall–Kier alpha value is -1.33. The van der Waals surface area contributed by atoms with Crippen LogP contribution in [0, 0.1) is 0 Å². The molecule has 1 heterocycles.